The molecule has 0 saturated carbocycles. The number of hydrogen-bond acceptors (Lipinski definition) is 0. The van der Waals surface area contributed by atoms with Crippen LogP contribution in [0.4, 0.5) is 0 Å². The Morgan fingerprint density at radius 3 is 1.36 bits per heavy atom. The molecule has 0 aliphatic carbocycles. The second-order valence-electron chi connectivity index (χ2n) is 15.3. The standard InChI is InChI=1S/C56H36N2/c1-2-13-37(14-3-1)38-25-27-39(28-26-38)40-16-12-17-44(33-40)57-52-23-10-8-21-48(52)50-34-41(29-31-54(50)57)42-30-32-55-51(35-42)49-22-9-11-24-53(49)58(55)56-36-43-15-4-5-18-45(43)46-19-6-7-20-47(46)56/h1-36H. The van der Waals surface area contributed by atoms with Crippen LogP contribution < -0.4 is 0 Å². The van der Waals surface area contributed by atoms with Gasteiger partial charge in [0.25, 0.3) is 0 Å². The van der Waals surface area contributed by atoms with Gasteiger partial charge in [-0.05, 0) is 104 Å². The Balaban J connectivity index is 0.986. The molecular formula is C56H36N2. The molecule has 58 heavy (non-hydrogen) atoms. The maximum Gasteiger partial charge on any atom is 0.0546 e. The van der Waals surface area contributed by atoms with Crippen molar-refractivity contribution in [3.63, 3.8) is 0 Å². The molecule has 0 radical (unpaired) electrons. The van der Waals surface area contributed by atoms with Gasteiger partial charge in [-0.2, -0.15) is 0 Å². The van der Waals surface area contributed by atoms with E-state index in [1.165, 1.54) is 104 Å². The smallest absolute Gasteiger partial charge is 0.0546 e. The number of rotatable bonds is 5. The van der Waals surface area contributed by atoms with Crippen LogP contribution in [0.2, 0.25) is 0 Å². The van der Waals surface area contributed by atoms with Gasteiger partial charge in [0.2, 0.25) is 0 Å². The van der Waals surface area contributed by atoms with Gasteiger partial charge in [0.15, 0.2) is 0 Å². The van der Waals surface area contributed by atoms with Gasteiger partial charge in [-0.3, -0.25) is 0 Å². The predicted molar refractivity (Wildman–Crippen MR) is 246 cm³/mol. The predicted octanol–water partition coefficient (Wildman–Crippen LogP) is 15.2. The largest absolute Gasteiger partial charge is 0.309 e. The second kappa shape index (κ2) is 12.9. The summed E-state index contributed by atoms with van der Waals surface area (Å²) in [6.45, 7) is 0. The maximum atomic E-state index is 2.46. The zero-order valence-corrected chi connectivity index (χ0v) is 31.7. The third kappa shape index (κ3) is 5.05. The van der Waals surface area contributed by atoms with E-state index in [-0.39, 0.29) is 0 Å². The lowest BCUT2D eigenvalue weighted by Gasteiger charge is -2.14. The minimum atomic E-state index is 1.15. The fourth-order valence-corrected chi connectivity index (χ4v) is 9.37. The summed E-state index contributed by atoms with van der Waals surface area (Å²) in [6.07, 6.45) is 0. The molecule has 0 bridgehead atoms. The Bertz CT molecular complexity index is 3550. The fraction of sp³-hybridized carbons (Fsp3) is 0. The van der Waals surface area contributed by atoms with Crippen LogP contribution in [0.3, 0.4) is 0 Å². The van der Waals surface area contributed by atoms with Crippen molar-refractivity contribution in [3.8, 4) is 44.8 Å². The van der Waals surface area contributed by atoms with E-state index in [1.807, 2.05) is 0 Å². The molecule has 12 rings (SSSR count). The minimum Gasteiger partial charge on any atom is -0.309 e. The van der Waals surface area contributed by atoms with E-state index in [0.29, 0.717) is 0 Å². The van der Waals surface area contributed by atoms with Crippen LogP contribution in [-0.2, 0) is 0 Å². The number of para-hydroxylation sites is 2. The van der Waals surface area contributed by atoms with E-state index in [4.69, 9.17) is 0 Å². The van der Waals surface area contributed by atoms with Crippen LogP contribution in [0.25, 0.3) is 110 Å². The highest BCUT2D eigenvalue weighted by Gasteiger charge is 2.18. The SMILES string of the molecule is c1ccc(-c2ccc(-c3cccc(-n4c5ccccc5c5cc(-c6ccc7c(c6)c6ccccc6n7-c6cc7ccccc7c7ccccc67)ccc54)c3)cc2)cc1. The first-order chi connectivity index (χ1) is 28.8. The highest BCUT2D eigenvalue weighted by Crippen LogP contribution is 2.41. The Labute approximate surface area is 336 Å². The molecule has 2 heterocycles. The van der Waals surface area contributed by atoms with Gasteiger partial charge in [0, 0.05) is 32.6 Å². The lowest BCUT2D eigenvalue weighted by Crippen LogP contribution is -1.96. The molecule has 0 saturated heterocycles. The average Bonchev–Trinajstić information content (AvgIpc) is 3.81. The van der Waals surface area contributed by atoms with Gasteiger partial charge < -0.3 is 9.13 Å². The zero-order valence-electron chi connectivity index (χ0n) is 31.7. The van der Waals surface area contributed by atoms with Gasteiger partial charge >= 0.3 is 0 Å². The minimum absolute atomic E-state index is 1.15. The third-order valence-corrected chi connectivity index (χ3v) is 12.1. The van der Waals surface area contributed by atoms with Crippen LogP contribution in [0.15, 0.2) is 218 Å². The van der Waals surface area contributed by atoms with Crippen LogP contribution >= 0.6 is 0 Å². The molecule has 270 valence electrons. The van der Waals surface area contributed by atoms with Gasteiger partial charge in [-0.15, -0.1) is 0 Å². The summed E-state index contributed by atoms with van der Waals surface area (Å²) in [5.74, 6) is 0. The van der Waals surface area contributed by atoms with E-state index in [1.54, 1.807) is 0 Å². The molecule has 0 fully saturated rings. The van der Waals surface area contributed by atoms with Crippen LogP contribution in [0, 0.1) is 0 Å². The number of hydrogen-bond donors (Lipinski definition) is 0. The van der Waals surface area contributed by atoms with E-state index >= 15 is 0 Å². The lowest BCUT2D eigenvalue weighted by molar-refractivity contribution is 1.18. The molecule has 0 unspecified atom stereocenters. The van der Waals surface area contributed by atoms with Crippen LogP contribution in [-0.4, -0.2) is 9.13 Å². The van der Waals surface area contributed by atoms with Crippen molar-refractivity contribution < 1.29 is 0 Å². The van der Waals surface area contributed by atoms with Gasteiger partial charge in [0.1, 0.15) is 0 Å². The molecule has 2 heteroatoms. The molecule has 0 spiro atoms. The Morgan fingerprint density at radius 1 is 0.224 bits per heavy atom. The molecule has 0 N–H and O–H groups in total. The third-order valence-electron chi connectivity index (χ3n) is 12.1. The molecule has 0 atom stereocenters. The average molecular weight is 737 g/mol. The first-order valence-electron chi connectivity index (χ1n) is 20.0. The van der Waals surface area contributed by atoms with E-state index in [9.17, 15) is 0 Å². The van der Waals surface area contributed by atoms with Crippen molar-refractivity contribution in [1.82, 2.24) is 9.13 Å². The van der Waals surface area contributed by atoms with Crippen molar-refractivity contribution in [1.29, 1.82) is 0 Å². The summed E-state index contributed by atoms with van der Waals surface area (Å²) >= 11 is 0. The van der Waals surface area contributed by atoms with Crippen molar-refractivity contribution in [2.75, 3.05) is 0 Å². The summed E-state index contributed by atoms with van der Waals surface area (Å²) in [5.41, 5.74) is 14.4. The first kappa shape index (κ1) is 32.6. The number of fused-ring (bicyclic) bond motifs is 9. The van der Waals surface area contributed by atoms with E-state index < -0.39 is 0 Å². The topological polar surface area (TPSA) is 9.86 Å². The summed E-state index contributed by atoms with van der Waals surface area (Å²) in [7, 11) is 0. The van der Waals surface area contributed by atoms with Gasteiger partial charge in [-0.1, -0.05) is 164 Å². The van der Waals surface area contributed by atoms with Crippen molar-refractivity contribution in [2.24, 2.45) is 0 Å². The van der Waals surface area contributed by atoms with Crippen molar-refractivity contribution in [2.45, 2.75) is 0 Å². The molecule has 10 aromatic carbocycles. The molecular weight excluding hydrogens is 701 g/mol. The summed E-state index contributed by atoms with van der Waals surface area (Å²) in [6, 6.07) is 80.0. The number of aromatic nitrogens is 2. The Hall–Kier alpha value is -7.68. The monoisotopic (exact) mass is 736 g/mol. The Kier molecular flexibility index (Phi) is 7.26. The first-order valence-corrected chi connectivity index (χ1v) is 20.0. The van der Waals surface area contributed by atoms with Crippen molar-refractivity contribution in [3.05, 3.63) is 218 Å². The Morgan fingerprint density at radius 2 is 0.672 bits per heavy atom. The normalized spacial score (nSPS) is 11.8. The second-order valence-corrected chi connectivity index (χ2v) is 15.3. The highest BCUT2D eigenvalue weighted by molar-refractivity contribution is 6.16. The molecule has 0 aliphatic heterocycles. The van der Waals surface area contributed by atoms with Gasteiger partial charge in [-0.25, -0.2) is 0 Å². The molecule has 2 nitrogen and oxygen atoms in total. The number of nitrogens with zero attached hydrogens (tertiary/aromatic N) is 2. The summed E-state index contributed by atoms with van der Waals surface area (Å²) in [5, 5.41) is 10.0. The van der Waals surface area contributed by atoms with Crippen LogP contribution in [0.1, 0.15) is 0 Å². The molecule has 12 aromatic rings. The summed E-state index contributed by atoms with van der Waals surface area (Å²) in [4.78, 5) is 0. The van der Waals surface area contributed by atoms with Gasteiger partial charge in [0.05, 0.1) is 27.8 Å². The zero-order chi connectivity index (χ0) is 38.2. The summed E-state index contributed by atoms with van der Waals surface area (Å²) < 4.78 is 4.88. The fourth-order valence-electron chi connectivity index (χ4n) is 9.37. The quantitative estimate of drug-likeness (QED) is 0.156. The molecule has 0 aliphatic rings. The van der Waals surface area contributed by atoms with E-state index in [0.717, 1.165) is 5.69 Å². The van der Waals surface area contributed by atoms with Crippen LogP contribution in [0.5, 0.6) is 0 Å². The van der Waals surface area contributed by atoms with E-state index in [2.05, 4.69) is 228 Å². The maximum absolute atomic E-state index is 2.46. The molecule has 2 aromatic heterocycles. The molecule has 0 amide bonds. The lowest BCUT2D eigenvalue weighted by atomic mass is 9.99. The highest BCUT2D eigenvalue weighted by atomic mass is 15.0. The number of benzene rings is 10. The van der Waals surface area contributed by atoms with Crippen molar-refractivity contribution >= 4 is 65.2 Å².